The van der Waals surface area contributed by atoms with Crippen LogP contribution >= 0.6 is 0 Å². The number of aromatic nitrogens is 9. The highest BCUT2D eigenvalue weighted by molar-refractivity contribution is 6.07. The maximum atomic E-state index is 12.4. The van der Waals surface area contributed by atoms with Gasteiger partial charge in [0.1, 0.15) is 17.7 Å². The molecule has 4 heterocycles. The number of urea groups is 1. The SMILES string of the molecule is C=CCn1c(=O)n(C)c(=O)n(C)c1=O.C=CCn1c(=O)n(C)c(=O)n(C)c1=O.CCC(O)CN1C(=O)N(CC(O)CC)C(C)(C)C1=O.CCC(O)Cn1c(=O)n(C)c(=O)n(CC(O)CC)c1=O.COCC(C)OC(=O)c1cc(C(C)(C)C)ccc1C(=O)OC.COCC(C)OC(=O)c1cc(C(C)(C)C)ccc1C(=O)OC. The number of nitrogens with zero attached hydrogens (tertiary/aromatic N) is 11. The van der Waals surface area contributed by atoms with E-state index in [9.17, 15) is 92.3 Å². The van der Waals surface area contributed by atoms with Gasteiger partial charge in [-0.05, 0) is 99.6 Å². The van der Waals surface area contributed by atoms with Crippen LogP contribution in [0.15, 0.2) is 105 Å². The van der Waals surface area contributed by atoms with Crippen LogP contribution in [0, 0.1) is 0 Å². The van der Waals surface area contributed by atoms with Crippen LogP contribution in [0.1, 0.15) is 175 Å². The molecule has 5 aromatic rings. The van der Waals surface area contributed by atoms with E-state index in [0.29, 0.717) is 25.7 Å². The van der Waals surface area contributed by atoms with Crippen molar-refractivity contribution in [3.63, 3.8) is 0 Å². The van der Waals surface area contributed by atoms with Crippen LogP contribution in [0.4, 0.5) is 4.79 Å². The molecule has 3 amide bonds. The van der Waals surface area contributed by atoms with E-state index in [1.807, 2.05) is 60.6 Å². The first-order valence-corrected chi connectivity index (χ1v) is 35.6. The van der Waals surface area contributed by atoms with Crippen LogP contribution in [0.3, 0.4) is 0 Å². The van der Waals surface area contributed by atoms with Gasteiger partial charge in [0.2, 0.25) is 0 Å². The van der Waals surface area contributed by atoms with Gasteiger partial charge >= 0.3 is 81.1 Å². The van der Waals surface area contributed by atoms with Gasteiger partial charge in [0.05, 0.1) is 107 Å². The molecular formula is C75H115N11O25. The molecule has 36 heteroatoms. The quantitative estimate of drug-likeness (QED) is 0.0264. The Balaban J connectivity index is 0.000000671. The van der Waals surface area contributed by atoms with Crippen LogP contribution in [-0.2, 0) is 105 Å². The number of carbonyl (C=O) groups is 6. The van der Waals surface area contributed by atoms with Gasteiger partial charge in [-0.1, -0.05) is 93.5 Å². The maximum absolute atomic E-state index is 12.4. The van der Waals surface area contributed by atoms with Gasteiger partial charge in [-0.25, -0.2) is 108 Å². The molecule has 0 radical (unpaired) electrons. The van der Waals surface area contributed by atoms with Gasteiger partial charge in [-0.3, -0.25) is 9.69 Å². The molecule has 1 aliphatic heterocycles. The molecule has 1 saturated heterocycles. The van der Waals surface area contributed by atoms with Crippen molar-refractivity contribution in [1.82, 2.24) is 50.9 Å². The van der Waals surface area contributed by atoms with Crippen LogP contribution < -0.4 is 51.2 Å². The van der Waals surface area contributed by atoms with Crippen LogP contribution in [-0.4, -0.2) is 204 Å². The Bertz CT molecular complexity index is 4300. The molecule has 6 rings (SSSR count). The zero-order valence-corrected chi connectivity index (χ0v) is 68.3. The van der Waals surface area contributed by atoms with Crippen molar-refractivity contribution in [2.45, 2.75) is 202 Å². The number of methoxy groups -OCH3 is 4. The molecule has 1 aliphatic rings. The fraction of sp³-hybridized carbons (Fsp3) is 0.587. The Labute approximate surface area is 643 Å². The minimum Gasteiger partial charge on any atom is -0.465 e. The summed E-state index contributed by atoms with van der Waals surface area (Å²) in [7, 11) is 12.2. The lowest BCUT2D eigenvalue weighted by Crippen LogP contribution is -2.55. The average molecular weight is 1570 g/mol. The number of hydrogen-bond donors (Lipinski definition) is 4. The molecule has 36 nitrogen and oxygen atoms in total. The lowest BCUT2D eigenvalue weighted by Gasteiger charge is -2.29. The minimum absolute atomic E-state index is 0.0102. The van der Waals surface area contributed by atoms with E-state index in [4.69, 9.17) is 28.4 Å². The first-order chi connectivity index (χ1) is 51.5. The number of aliphatic hydroxyl groups excluding tert-OH is 4. The maximum Gasteiger partial charge on any atom is 0.339 e. The number of hydrogen-bond acceptors (Lipinski definition) is 25. The van der Waals surface area contributed by atoms with E-state index in [2.05, 4.69) is 13.2 Å². The third-order valence-electron chi connectivity index (χ3n) is 17.1. The molecule has 0 spiro atoms. The van der Waals surface area contributed by atoms with Crippen molar-refractivity contribution in [2.24, 2.45) is 35.2 Å². The zero-order chi connectivity index (χ0) is 85.8. The fourth-order valence-electron chi connectivity index (χ4n) is 10.0. The molecule has 111 heavy (non-hydrogen) atoms. The third-order valence-corrected chi connectivity index (χ3v) is 17.1. The van der Waals surface area contributed by atoms with Crippen molar-refractivity contribution >= 4 is 35.8 Å². The van der Waals surface area contributed by atoms with Crippen molar-refractivity contribution in [3.05, 3.63) is 189 Å². The summed E-state index contributed by atoms with van der Waals surface area (Å²) >= 11 is 0. The molecule has 620 valence electrons. The summed E-state index contributed by atoms with van der Waals surface area (Å²) in [4.78, 5) is 180. The van der Waals surface area contributed by atoms with Crippen molar-refractivity contribution in [2.75, 3.05) is 54.7 Å². The number of amides is 3. The Hall–Kier alpha value is -10.3. The van der Waals surface area contributed by atoms with E-state index in [0.717, 1.165) is 57.1 Å². The van der Waals surface area contributed by atoms with Crippen molar-refractivity contribution in [1.29, 1.82) is 0 Å². The number of esters is 4. The largest absolute Gasteiger partial charge is 0.465 e. The lowest BCUT2D eigenvalue weighted by atomic mass is 9.85. The number of β-amino-alcohol motifs (C(OH)–C–C–N with tert-alkyl or cyclic N) is 2. The summed E-state index contributed by atoms with van der Waals surface area (Å²) in [6, 6.07) is 9.79. The average Bonchev–Trinajstić information content (AvgIpc) is 1.65. The number of rotatable bonds is 26. The number of carbonyl (C=O) groups excluding carboxylic acids is 6. The van der Waals surface area contributed by atoms with Gasteiger partial charge < -0.3 is 53.7 Å². The third kappa shape index (κ3) is 27.0. The standard InChI is InChI=1S/2C17H24O5.C13H24N2O4.C12H21N3O5.2C8H11N3O3/c2*1-11(10-20-5)22-16(19)14-9-12(17(2,3)4)7-8-13(14)15(18)21-6;1-5-9(16)7-14-11(18)13(3,4)15(12(14)19)8-10(17)6-2;1-4-8(16)6-14-10(18)13(3)11(19)15(12(14)20)7-9(17)5-2;2*1-4-5-11-7(13)9(2)6(12)10(3)8(11)14/h2*7-9,11H,10H2,1-6H3;9-10,16-17H,5-8H2,1-4H3;8-9,16-17H,4-7H2,1-3H3;2*4H,1,5H2,2-3H3. The Kier molecular flexibility index (Phi) is 39.6. The van der Waals surface area contributed by atoms with Gasteiger partial charge in [-0.15, -0.1) is 13.2 Å². The molecular weight excluding hydrogens is 1450 g/mol. The first-order valence-electron chi connectivity index (χ1n) is 35.6. The second kappa shape index (κ2) is 44.5. The Morgan fingerprint density at radius 2 is 0.721 bits per heavy atom. The van der Waals surface area contributed by atoms with Crippen molar-refractivity contribution in [3.8, 4) is 0 Å². The number of ether oxygens (including phenoxy) is 6. The van der Waals surface area contributed by atoms with Gasteiger partial charge in [-0.2, -0.15) is 0 Å². The molecule has 0 saturated carbocycles. The molecule has 6 unspecified atom stereocenters. The second-order valence-corrected chi connectivity index (χ2v) is 28.3. The molecule has 0 aliphatic carbocycles. The smallest absolute Gasteiger partial charge is 0.339 e. The molecule has 6 atom stereocenters. The van der Waals surface area contributed by atoms with Gasteiger partial charge in [0.15, 0.2) is 0 Å². The number of benzene rings is 2. The minimum atomic E-state index is -0.972. The van der Waals surface area contributed by atoms with E-state index in [1.54, 1.807) is 72.7 Å². The normalized spacial score (nSPS) is 13.9. The summed E-state index contributed by atoms with van der Waals surface area (Å²) in [6.07, 6.45) is 0.763. The predicted molar refractivity (Wildman–Crippen MR) is 413 cm³/mol. The van der Waals surface area contributed by atoms with Gasteiger partial charge in [0, 0.05) is 56.0 Å². The zero-order valence-electron chi connectivity index (χ0n) is 68.3. The molecule has 3 aromatic heterocycles. The Morgan fingerprint density at radius 3 is 1.00 bits per heavy atom. The molecule has 2 aromatic carbocycles. The number of aliphatic hydroxyl groups is 4. The summed E-state index contributed by atoms with van der Waals surface area (Å²) in [5.74, 6) is -2.57. The number of imide groups is 1. The highest BCUT2D eigenvalue weighted by atomic mass is 16.6. The fourth-order valence-corrected chi connectivity index (χ4v) is 10.0. The molecule has 1 fully saturated rings. The highest BCUT2D eigenvalue weighted by Crippen LogP contribution is 2.30. The van der Waals surface area contributed by atoms with E-state index in [-0.39, 0.29) is 91.5 Å². The topological polar surface area (TPSA) is 443 Å². The van der Waals surface area contributed by atoms with E-state index in [1.165, 1.54) is 80.7 Å². The molecule has 4 N–H and O–H groups in total. The highest BCUT2D eigenvalue weighted by Gasteiger charge is 2.51. The lowest BCUT2D eigenvalue weighted by molar-refractivity contribution is -0.133. The van der Waals surface area contributed by atoms with Crippen LogP contribution in [0.5, 0.6) is 0 Å². The van der Waals surface area contributed by atoms with E-state index >= 15 is 0 Å². The second-order valence-electron chi connectivity index (χ2n) is 28.3. The van der Waals surface area contributed by atoms with Gasteiger partial charge in [0.25, 0.3) is 5.91 Å². The monoisotopic (exact) mass is 1570 g/mol. The summed E-state index contributed by atoms with van der Waals surface area (Å²) in [5, 5.41) is 38.5. The van der Waals surface area contributed by atoms with Crippen LogP contribution in [0.25, 0.3) is 0 Å². The van der Waals surface area contributed by atoms with E-state index < -0.39 is 123 Å². The van der Waals surface area contributed by atoms with Crippen molar-refractivity contribution < 1.29 is 77.6 Å². The Morgan fingerprint density at radius 1 is 0.432 bits per heavy atom. The molecule has 0 bridgehead atoms. The first kappa shape index (κ1) is 98.7. The summed E-state index contributed by atoms with van der Waals surface area (Å²) in [5.41, 5.74) is -4.68. The predicted octanol–water partition coefficient (Wildman–Crippen LogP) is 1.61. The number of allylic oxidation sites excluding steroid dienone is 2. The summed E-state index contributed by atoms with van der Waals surface area (Å²) < 4.78 is 37.8. The summed E-state index contributed by atoms with van der Waals surface area (Å²) in [6.45, 7) is 33.4. The van der Waals surface area contributed by atoms with Crippen LogP contribution in [0.2, 0.25) is 0 Å².